The van der Waals surface area contributed by atoms with E-state index in [9.17, 15) is 13.2 Å². The predicted molar refractivity (Wildman–Crippen MR) is 122 cm³/mol. The summed E-state index contributed by atoms with van der Waals surface area (Å²) >= 11 is 0. The van der Waals surface area contributed by atoms with Crippen LogP contribution in [0.1, 0.15) is 12.5 Å². The van der Waals surface area contributed by atoms with Crippen molar-refractivity contribution >= 4 is 15.9 Å². The number of morpholine rings is 1. The van der Waals surface area contributed by atoms with Crippen LogP contribution in [0.2, 0.25) is 0 Å². The van der Waals surface area contributed by atoms with Gasteiger partial charge in [0, 0.05) is 32.7 Å². The Hall–Kier alpha value is -2.46. The van der Waals surface area contributed by atoms with Crippen molar-refractivity contribution in [2.24, 2.45) is 0 Å². The van der Waals surface area contributed by atoms with Crippen LogP contribution in [0.5, 0.6) is 5.75 Å². The topological polar surface area (TPSA) is 88.2 Å². The van der Waals surface area contributed by atoms with E-state index in [1.807, 2.05) is 37.3 Å². The summed E-state index contributed by atoms with van der Waals surface area (Å²) in [5, 5.41) is 2.85. The summed E-state index contributed by atoms with van der Waals surface area (Å²) in [6.45, 7) is 6.44. The van der Waals surface area contributed by atoms with Gasteiger partial charge >= 0.3 is 0 Å². The van der Waals surface area contributed by atoms with Gasteiger partial charge in [-0.15, -0.1) is 0 Å². The van der Waals surface area contributed by atoms with E-state index in [4.69, 9.17) is 9.47 Å². The maximum atomic E-state index is 13.3. The molecule has 0 saturated carbocycles. The quantitative estimate of drug-likeness (QED) is 0.548. The molecule has 1 fully saturated rings. The molecule has 0 atom stereocenters. The number of rotatable bonds is 11. The Morgan fingerprint density at radius 2 is 1.78 bits per heavy atom. The second-order valence-electron chi connectivity index (χ2n) is 7.47. The third-order valence-electron chi connectivity index (χ3n) is 5.15. The summed E-state index contributed by atoms with van der Waals surface area (Å²) < 4.78 is 38.6. The van der Waals surface area contributed by atoms with E-state index in [1.54, 1.807) is 12.1 Å². The highest BCUT2D eigenvalue weighted by Crippen LogP contribution is 2.21. The number of nitrogens with one attached hydrogen (secondary N) is 1. The lowest BCUT2D eigenvalue weighted by atomic mass is 10.2. The van der Waals surface area contributed by atoms with Gasteiger partial charge in [0.15, 0.2) is 0 Å². The highest BCUT2D eigenvalue weighted by molar-refractivity contribution is 7.89. The van der Waals surface area contributed by atoms with Crippen molar-refractivity contribution in [3.63, 3.8) is 0 Å². The molecular formula is C23H31N3O5S. The van der Waals surface area contributed by atoms with Crippen molar-refractivity contribution in [3.8, 4) is 5.75 Å². The molecule has 1 heterocycles. The van der Waals surface area contributed by atoms with Crippen LogP contribution in [0.25, 0.3) is 0 Å². The average molecular weight is 462 g/mol. The van der Waals surface area contributed by atoms with Crippen molar-refractivity contribution in [1.82, 2.24) is 14.5 Å². The van der Waals surface area contributed by atoms with Gasteiger partial charge in [0.25, 0.3) is 0 Å². The summed E-state index contributed by atoms with van der Waals surface area (Å²) in [5.41, 5.74) is 0.808. The molecule has 1 amide bonds. The van der Waals surface area contributed by atoms with Gasteiger partial charge in [0.2, 0.25) is 15.9 Å². The standard InChI is InChI=1S/C23H31N3O5S/c1-2-31-21-8-10-22(11-9-21)32(28,29)26(18-20-6-4-3-5-7-20)19-23(27)24-12-13-25-14-16-30-17-15-25/h3-11H,2,12-19H2,1H3,(H,24,27). The molecule has 1 aliphatic rings. The van der Waals surface area contributed by atoms with E-state index in [0.29, 0.717) is 38.7 Å². The molecule has 0 bridgehead atoms. The van der Waals surface area contributed by atoms with Crippen LogP contribution in [0.4, 0.5) is 0 Å². The van der Waals surface area contributed by atoms with E-state index < -0.39 is 10.0 Å². The zero-order valence-corrected chi connectivity index (χ0v) is 19.2. The molecule has 32 heavy (non-hydrogen) atoms. The molecule has 1 N–H and O–H groups in total. The lowest BCUT2D eigenvalue weighted by molar-refractivity contribution is -0.121. The van der Waals surface area contributed by atoms with Crippen molar-refractivity contribution in [2.75, 3.05) is 52.5 Å². The Balaban J connectivity index is 1.68. The fraction of sp³-hybridized carbons (Fsp3) is 0.435. The largest absolute Gasteiger partial charge is 0.494 e. The molecule has 0 aliphatic carbocycles. The summed E-state index contributed by atoms with van der Waals surface area (Å²) in [6.07, 6.45) is 0. The van der Waals surface area contributed by atoms with Gasteiger partial charge in [-0.25, -0.2) is 8.42 Å². The lowest BCUT2D eigenvalue weighted by Crippen LogP contribution is -2.44. The molecule has 1 aliphatic heterocycles. The van der Waals surface area contributed by atoms with Gasteiger partial charge in [-0.3, -0.25) is 9.69 Å². The number of hydrogen-bond acceptors (Lipinski definition) is 6. The minimum atomic E-state index is -3.88. The first-order chi connectivity index (χ1) is 15.5. The Bertz CT molecular complexity index is 945. The number of carbonyl (C=O) groups is 1. The third-order valence-corrected chi connectivity index (χ3v) is 6.95. The van der Waals surface area contributed by atoms with Crippen LogP contribution in [-0.2, 0) is 26.1 Å². The van der Waals surface area contributed by atoms with Crippen LogP contribution in [0.3, 0.4) is 0 Å². The van der Waals surface area contributed by atoms with Crippen LogP contribution >= 0.6 is 0 Å². The number of sulfonamides is 1. The maximum absolute atomic E-state index is 13.3. The van der Waals surface area contributed by atoms with Crippen molar-refractivity contribution in [2.45, 2.75) is 18.4 Å². The average Bonchev–Trinajstić information content (AvgIpc) is 2.81. The molecular weight excluding hydrogens is 430 g/mol. The molecule has 174 valence electrons. The monoisotopic (exact) mass is 461 g/mol. The van der Waals surface area contributed by atoms with E-state index in [0.717, 1.165) is 18.7 Å². The van der Waals surface area contributed by atoms with E-state index in [-0.39, 0.29) is 23.9 Å². The minimum absolute atomic E-state index is 0.104. The fourth-order valence-electron chi connectivity index (χ4n) is 3.43. The lowest BCUT2D eigenvalue weighted by Gasteiger charge is -2.27. The van der Waals surface area contributed by atoms with Gasteiger partial charge in [0.05, 0.1) is 31.3 Å². The fourth-order valence-corrected chi connectivity index (χ4v) is 4.82. The van der Waals surface area contributed by atoms with Crippen LogP contribution in [0, 0.1) is 0 Å². The number of carbonyl (C=O) groups excluding carboxylic acids is 1. The molecule has 0 aromatic heterocycles. The van der Waals surface area contributed by atoms with Crippen LogP contribution in [0.15, 0.2) is 59.5 Å². The van der Waals surface area contributed by atoms with Gasteiger partial charge in [-0.1, -0.05) is 30.3 Å². The molecule has 0 spiro atoms. The number of nitrogens with zero attached hydrogens (tertiary/aromatic N) is 2. The zero-order valence-electron chi connectivity index (χ0n) is 18.4. The van der Waals surface area contributed by atoms with Gasteiger partial charge in [0.1, 0.15) is 5.75 Å². The third kappa shape index (κ3) is 7.03. The predicted octanol–water partition coefficient (Wildman–Crippen LogP) is 1.72. The minimum Gasteiger partial charge on any atom is -0.494 e. The highest BCUT2D eigenvalue weighted by Gasteiger charge is 2.27. The number of benzene rings is 2. The number of hydrogen-bond donors (Lipinski definition) is 1. The number of amides is 1. The normalized spacial score (nSPS) is 14.9. The van der Waals surface area contributed by atoms with Gasteiger partial charge in [-0.05, 0) is 36.8 Å². The molecule has 3 rings (SSSR count). The summed E-state index contributed by atoms with van der Waals surface area (Å²) in [5.74, 6) is 0.269. The van der Waals surface area contributed by atoms with Gasteiger partial charge < -0.3 is 14.8 Å². The Labute approximate surface area is 190 Å². The van der Waals surface area contributed by atoms with Crippen molar-refractivity contribution in [3.05, 3.63) is 60.2 Å². The Morgan fingerprint density at radius 3 is 2.44 bits per heavy atom. The first kappa shape index (κ1) is 24.2. The zero-order chi connectivity index (χ0) is 22.8. The first-order valence-corrected chi connectivity index (χ1v) is 12.3. The molecule has 2 aromatic rings. The van der Waals surface area contributed by atoms with Gasteiger partial charge in [-0.2, -0.15) is 4.31 Å². The molecule has 8 nitrogen and oxygen atoms in total. The van der Waals surface area contributed by atoms with E-state index >= 15 is 0 Å². The second-order valence-corrected chi connectivity index (χ2v) is 9.41. The SMILES string of the molecule is CCOc1ccc(S(=O)(=O)N(CC(=O)NCCN2CCOCC2)Cc2ccccc2)cc1. The van der Waals surface area contributed by atoms with Crippen LogP contribution < -0.4 is 10.1 Å². The smallest absolute Gasteiger partial charge is 0.243 e. The first-order valence-electron chi connectivity index (χ1n) is 10.8. The van der Waals surface area contributed by atoms with Crippen LogP contribution in [-0.4, -0.2) is 76.1 Å². The van der Waals surface area contributed by atoms with E-state index in [1.165, 1.54) is 16.4 Å². The second kappa shape index (κ2) is 12.0. The van der Waals surface area contributed by atoms with Crippen molar-refractivity contribution < 1.29 is 22.7 Å². The summed E-state index contributed by atoms with van der Waals surface area (Å²) in [7, 11) is -3.88. The summed E-state index contributed by atoms with van der Waals surface area (Å²) in [6, 6.07) is 15.5. The molecule has 2 aromatic carbocycles. The Morgan fingerprint density at radius 1 is 1.09 bits per heavy atom. The molecule has 0 radical (unpaired) electrons. The molecule has 0 unspecified atom stereocenters. The van der Waals surface area contributed by atoms with Crippen molar-refractivity contribution in [1.29, 1.82) is 0 Å². The summed E-state index contributed by atoms with van der Waals surface area (Å²) in [4.78, 5) is 15.0. The maximum Gasteiger partial charge on any atom is 0.243 e. The highest BCUT2D eigenvalue weighted by atomic mass is 32.2. The molecule has 9 heteroatoms. The van der Waals surface area contributed by atoms with E-state index in [2.05, 4.69) is 10.2 Å². The Kier molecular flexibility index (Phi) is 9.04. The molecule has 1 saturated heterocycles. The number of ether oxygens (including phenoxy) is 2.